The van der Waals surface area contributed by atoms with Gasteiger partial charge in [0.05, 0.1) is 17.5 Å². The first-order valence-electron chi connectivity index (χ1n) is 10.6. The van der Waals surface area contributed by atoms with Crippen LogP contribution in [0.3, 0.4) is 0 Å². The molecular formula is C21H25FN6O3S. The summed E-state index contributed by atoms with van der Waals surface area (Å²) in [4.78, 5) is 8.84. The maximum Gasteiger partial charge on any atom is 0.274 e. The second-order valence-electron chi connectivity index (χ2n) is 8.58. The van der Waals surface area contributed by atoms with Crippen LogP contribution in [0.25, 0.3) is 11.0 Å². The number of anilines is 1. The highest BCUT2D eigenvalue weighted by Gasteiger charge is 2.35. The highest BCUT2D eigenvalue weighted by Crippen LogP contribution is 2.39. The van der Waals surface area contributed by atoms with E-state index in [-0.39, 0.29) is 30.4 Å². The maximum absolute atomic E-state index is 14.4. The largest absolute Gasteiger partial charge is 0.393 e. The van der Waals surface area contributed by atoms with Gasteiger partial charge in [0, 0.05) is 30.3 Å². The Hall–Kier alpha value is -2.60. The topological polar surface area (TPSA) is 135 Å². The lowest BCUT2D eigenvalue weighted by atomic mass is 10.1. The van der Waals surface area contributed by atoms with Crippen molar-refractivity contribution in [1.29, 1.82) is 0 Å². The van der Waals surface area contributed by atoms with Gasteiger partial charge in [0.25, 0.3) is 10.2 Å². The molecule has 5 rings (SSSR count). The van der Waals surface area contributed by atoms with E-state index in [9.17, 15) is 17.9 Å². The Morgan fingerprint density at radius 1 is 1.25 bits per heavy atom. The van der Waals surface area contributed by atoms with Crippen molar-refractivity contribution in [2.45, 2.75) is 43.9 Å². The van der Waals surface area contributed by atoms with E-state index in [2.05, 4.69) is 20.0 Å². The number of aryl methyl sites for hydroxylation is 1. The van der Waals surface area contributed by atoms with Crippen LogP contribution in [-0.4, -0.2) is 40.7 Å². The van der Waals surface area contributed by atoms with Crippen molar-refractivity contribution in [3.8, 4) is 0 Å². The van der Waals surface area contributed by atoms with Crippen LogP contribution in [-0.2, 0) is 16.6 Å². The third kappa shape index (κ3) is 3.96. The number of nitrogens with zero attached hydrogens (tertiary/aromatic N) is 3. The molecule has 2 heterocycles. The number of hydrogen-bond donors (Lipinski definition) is 4. The molecule has 32 heavy (non-hydrogen) atoms. The zero-order valence-corrected chi connectivity index (χ0v) is 18.1. The highest BCUT2D eigenvalue weighted by atomic mass is 32.2. The molecular weight excluding hydrogens is 435 g/mol. The fraction of sp³-hybridized carbons (Fsp3) is 0.429. The van der Waals surface area contributed by atoms with E-state index >= 15 is 0 Å². The zero-order chi connectivity index (χ0) is 22.5. The number of benzene rings is 1. The summed E-state index contributed by atoms with van der Waals surface area (Å²) < 4.78 is 41.1. The summed E-state index contributed by atoms with van der Waals surface area (Å²) in [6, 6.07) is 6.89. The van der Waals surface area contributed by atoms with Gasteiger partial charge in [-0.15, -0.1) is 0 Å². The first kappa shape index (κ1) is 21.3. The molecule has 0 bridgehead atoms. The average Bonchev–Trinajstić information content (AvgIpc) is 3.44. The molecule has 170 valence electrons. The number of nitrogens with two attached hydrogens (primary N) is 1. The molecule has 11 heteroatoms. The number of aliphatic hydroxyl groups is 1. The number of nitrogens with one attached hydrogen (secondary N) is 2. The second-order valence-corrected chi connectivity index (χ2v) is 9.96. The molecule has 0 radical (unpaired) electrons. The first-order chi connectivity index (χ1) is 15.3. The van der Waals surface area contributed by atoms with Gasteiger partial charge >= 0.3 is 0 Å². The predicted molar refractivity (Wildman–Crippen MR) is 117 cm³/mol. The van der Waals surface area contributed by atoms with E-state index in [1.165, 1.54) is 12.4 Å². The van der Waals surface area contributed by atoms with Crippen LogP contribution >= 0.6 is 0 Å². The van der Waals surface area contributed by atoms with Crippen LogP contribution in [0.2, 0.25) is 0 Å². The lowest BCUT2D eigenvalue weighted by Gasteiger charge is -2.17. The molecule has 4 atom stereocenters. The summed E-state index contributed by atoms with van der Waals surface area (Å²) in [5.74, 6) is 0.188. The van der Waals surface area contributed by atoms with Crippen molar-refractivity contribution in [3.63, 3.8) is 0 Å². The van der Waals surface area contributed by atoms with Gasteiger partial charge in [-0.2, -0.15) is 8.42 Å². The van der Waals surface area contributed by atoms with Gasteiger partial charge in [0.15, 0.2) is 0 Å². The molecule has 0 unspecified atom stereocenters. The molecule has 2 aliphatic carbocycles. The quantitative estimate of drug-likeness (QED) is 0.443. The van der Waals surface area contributed by atoms with Gasteiger partial charge in [0.2, 0.25) is 0 Å². The lowest BCUT2D eigenvalue weighted by Crippen LogP contribution is -2.36. The van der Waals surface area contributed by atoms with Crippen LogP contribution in [0.4, 0.5) is 10.2 Å². The van der Waals surface area contributed by atoms with Gasteiger partial charge in [-0.25, -0.2) is 24.2 Å². The van der Waals surface area contributed by atoms with Crippen LogP contribution in [0.15, 0.2) is 36.8 Å². The fourth-order valence-electron chi connectivity index (χ4n) is 5.07. The smallest absolute Gasteiger partial charge is 0.274 e. The molecule has 0 aliphatic heterocycles. The van der Waals surface area contributed by atoms with Crippen molar-refractivity contribution in [1.82, 2.24) is 19.3 Å². The molecule has 1 aromatic carbocycles. The third-order valence-corrected chi connectivity index (χ3v) is 7.16. The second kappa shape index (κ2) is 8.07. The van der Waals surface area contributed by atoms with E-state index in [4.69, 9.17) is 5.14 Å². The Kier molecular flexibility index (Phi) is 5.36. The standard InChI is InChI=1S/C21H25FN6O3S/c22-16-3-1-2-12-4-5-17(19(12)16)27-20-15-6-7-28(21(15)25-11-24-20)14-8-13(18(29)9-14)10-26-32(23,30)31/h1-3,6-7,11,13-14,17-18,26,29H,4-5,8-10H2,(H2,23,30,31)(H,24,25,27)/t13-,14+,17+,18-/m1/s1. The number of aromatic nitrogens is 3. The minimum atomic E-state index is -3.81. The Morgan fingerprint density at radius 2 is 2.09 bits per heavy atom. The summed E-state index contributed by atoms with van der Waals surface area (Å²) in [6.07, 6.45) is 5.40. The normalized spacial score (nSPS) is 25.3. The molecule has 2 aromatic heterocycles. The maximum atomic E-state index is 14.4. The Balaban J connectivity index is 1.38. The Bertz CT molecular complexity index is 1260. The zero-order valence-electron chi connectivity index (χ0n) is 17.3. The van der Waals surface area contributed by atoms with E-state index in [0.29, 0.717) is 29.9 Å². The summed E-state index contributed by atoms with van der Waals surface area (Å²) in [7, 11) is -3.81. The summed E-state index contributed by atoms with van der Waals surface area (Å²) >= 11 is 0. The van der Waals surface area contributed by atoms with Gasteiger partial charge in [-0.1, -0.05) is 12.1 Å². The van der Waals surface area contributed by atoms with Gasteiger partial charge < -0.3 is 15.0 Å². The molecule has 0 spiro atoms. The molecule has 5 N–H and O–H groups in total. The molecule has 0 saturated heterocycles. The SMILES string of the molecule is NS(=O)(=O)NC[C@H]1C[C@H](n2ccc3c(N[C@H]4CCc5cccc(F)c54)ncnc32)C[C@H]1O. The average molecular weight is 461 g/mol. The summed E-state index contributed by atoms with van der Waals surface area (Å²) in [5.41, 5.74) is 2.43. The van der Waals surface area contributed by atoms with E-state index in [1.807, 2.05) is 22.9 Å². The molecule has 0 amide bonds. The van der Waals surface area contributed by atoms with E-state index < -0.39 is 16.3 Å². The van der Waals surface area contributed by atoms with Crippen LogP contribution in [0.5, 0.6) is 0 Å². The number of rotatable bonds is 6. The van der Waals surface area contributed by atoms with Gasteiger partial charge in [-0.3, -0.25) is 0 Å². The predicted octanol–water partition coefficient (Wildman–Crippen LogP) is 1.77. The highest BCUT2D eigenvalue weighted by molar-refractivity contribution is 7.87. The fourth-order valence-corrected chi connectivity index (χ4v) is 5.51. The number of aliphatic hydroxyl groups excluding tert-OH is 1. The minimum Gasteiger partial charge on any atom is -0.393 e. The molecule has 2 aliphatic rings. The van der Waals surface area contributed by atoms with Gasteiger partial charge in [0.1, 0.15) is 23.6 Å². The first-order valence-corrected chi connectivity index (χ1v) is 12.2. The van der Waals surface area contributed by atoms with E-state index in [1.54, 1.807) is 6.07 Å². The van der Waals surface area contributed by atoms with Crippen molar-refractivity contribution in [2.24, 2.45) is 11.1 Å². The van der Waals surface area contributed by atoms with Crippen LogP contribution in [0.1, 0.15) is 42.5 Å². The molecule has 3 aromatic rings. The van der Waals surface area contributed by atoms with Crippen LogP contribution in [0, 0.1) is 11.7 Å². The van der Waals surface area contributed by atoms with Crippen LogP contribution < -0.4 is 15.2 Å². The van der Waals surface area contributed by atoms with Crippen molar-refractivity contribution in [2.75, 3.05) is 11.9 Å². The molecule has 9 nitrogen and oxygen atoms in total. The Labute approximate surface area is 185 Å². The lowest BCUT2D eigenvalue weighted by molar-refractivity contribution is 0.133. The Morgan fingerprint density at radius 3 is 2.91 bits per heavy atom. The van der Waals surface area contributed by atoms with Crippen molar-refractivity contribution in [3.05, 3.63) is 53.7 Å². The summed E-state index contributed by atoms with van der Waals surface area (Å²) in [6.45, 7) is 0.0874. The van der Waals surface area contributed by atoms with Gasteiger partial charge in [-0.05, 0) is 43.4 Å². The summed E-state index contributed by atoms with van der Waals surface area (Å²) in [5, 5.41) is 19.6. The monoisotopic (exact) mass is 460 g/mol. The number of fused-ring (bicyclic) bond motifs is 2. The van der Waals surface area contributed by atoms with E-state index in [0.717, 1.165) is 23.8 Å². The number of hydrogen-bond acceptors (Lipinski definition) is 6. The number of halogens is 1. The molecule has 1 fully saturated rings. The van der Waals surface area contributed by atoms with Crippen molar-refractivity contribution >= 4 is 27.1 Å². The molecule has 1 saturated carbocycles. The minimum absolute atomic E-state index is 0.0396. The third-order valence-electron chi connectivity index (χ3n) is 6.59. The van der Waals surface area contributed by atoms with Crippen molar-refractivity contribution < 1.29 is 17.9 Å².